The largest absolute Gasteiger partial charge is 0.457 e. The average Bonchev–Trinajstić information content (AvgIpc) is 3.32. The Morgan fingerprint density at radius 3 is 2.69 bits per heavy atom. The smallest absolute Gasteiger partial charge is 0.309 e. The van der Waals surface area contributed by atoms with E-state index < -0.39 is 0 Å². The maximum Gasteiger partial charge on any atom is 0.309 e. The van der Waals surface area contributed by atoms with Crippen molar-refractivity contribution in [2.24, 2.45) is 5.92 Å². The Kier molecular flexibility index (Phi) is 4.18. The van der Waals surface area contributed by atoms with Gasteiger partial charge in [0.25, 0.3) is 0 Å². The first kappa shape index (κ1) is 16.7. The molecule has 1 aromatic heterocycles. The monoisotopic (exact) mass is 355 g/mol. The normalized spacial score (nSPS) is 15.2. The predicted molar refractivity (Wildman–Crippen MR) is 93.6 cm³/mol. The zero-order valence-corrected chi connectivity index (χ0v) is 14.9. The van der Waals surface area contributed by atoms with Crippen molar-refractivity contribution in [3.8, 4) is 11.5 Å². The van der Waals surface area contributed by atoms with E-state index in [0.717, 1.165) is 41.3 Å². The quantitative estimate of drug-likeness (QED) is 0.589. The molecule has 0 amide bonds. The fourth-order valence-electron chi connectivity index (χ4n) is 3.20. The molecule has 2 aliphatic rings. The molecule has 0 spiro atoms. The Labute approximate surface area is 151 Å². The number of Topliss-reactive ketones (excluding diaryl/α,β-unsaturated/α-hetero) is 1. The number of hydrogen-bond donors (Lipinski definition) is 0. The van der Waals surface area contributed by atoms with Crippen molar-refractivity contribution in [3.63, 3.8) is 0 Å². The van der Waals surface area contributed by atoms with E-state index in [9.17, 15) is 9.59 Å². The maximum atomic E-state index is 12.5. The van der Waals surface area contributed by atoms with Gasteiger partial charge in [0.15, 0.2) is 18.1 Å². The van der Waals surface area contributed by atoms with Crippen LogP contribution in [-0.4, -0.2) is 29.7 Å². The first-order valence-electron chi connectivity index (χ1n) is 8.78. The van der Waals surface area contributed by atoms with Crippen molar-refractivity contribution in [2.75, 3.05) is 13.4 Å². The number of nitrogens with zero attached hydrogens (tertiary/aromatic N) is 1. The molecule has 0 N–H and O–H groups in total. The van der Waals surface area contributed by atoms with E-state index >= 15 is 0 Å². The van der Waals surface area contributed by atoms with Gasteiger partial charge < -0.3 is 18.8 Å². The van der Waals surface area contributed by atoms with Crippen molar-refractivity contribution in [3.05, 3.63) is 46.8 Å². The van der Waals surface area contributed by atoms with Gasteiger partial charge in [-0.05, 0) is 50.5 Å². The van der Waals surface area contributed by atoms with E-state index in [-0.39, 0.29) is 31.1 Å². The molecule has 6 heteroatoms. The molecule has 2 aromatic rings. The van der Waals surface area contributed by atoms with E-state index in [4.69, 9.17) is 14.2 Å². The highest BCUT2D eigenvalue weighted by Crippen LogP contribution is 2.33. The molecular weight excluding hydrogens is 334 g/mol. The number of benzene rings is 1. The van der Waals surface area contributed by atoms with Gasteiger partial charge in [0, 0.05) is 23.5 Å². The number of esters is 1. The van der Waals surface area contributed by atoms with Gasteiger partial charge in [0.05, 0.1) is 5.92 Å². The van der Waals surface area contributed by atoms with Gasteiger partial charge in [0.2, 0.25) is 12.6 Å². The van der Waals surface area contributed by atoms with Crippen LogP contribution in [0.5, 0.6) is 11.5 Å². The molecular formula is C20H21NO5. The van der Waals surface area contributed by atoms with Crippen LogP contribution in [-0.2, 0) is 16.1 Å². The molecule has 26 heavy (non-hydrogen) atoms. The summed E-state index contributed by atoms with van der Waals surface area (Å²) in [5.41, 5.74) is 3.52. The lowest BCUT2D eigenvalue weighted by molar-refractivity contribution is -0.144. The second-order valence-corrected chi connectivity index (χ2v) is 6.86. The molecule has 1 fully saturated rings. The van der Waals surface area contributed by atoms with Crippen LogP contribution in [0.15, 0.2) is 24.3 Å². The maximum absolute atomic E-state index is 12.5. The van der Waals surface area contributed by atoms with Crippen LogP contribution >= 0.6 is 0 Å². The molecule has 1 aromatic carbocycles. The molecule has 1 aliphatic heterocycles. The summed E-state index contributed by atoms with van der Waals surface area (Å²) in [6, 6.07) is 7.70. The van der Waals surface area contributed by atoms with E-state index in [1.807, 2.05) is 38.1 Å². The molecule has 136 valence electrons. The van der Waals surface area contributed by atoms with Crippen LogP contribution in [0.3, 0.4) is 0 Å². The number of hydrogen-bond acceptors (Lipinski definition) is 5. The first-order chi connectivity index (χ1) is 12.5. The summed E-state index contributed by atoms with van der Waals surface area (Å²) in [5.74, 6) is 1.08. The highest BCUT2D eigenvalue weighted by molar-refractivity contribution is 5.99. The molecule has 1 saturated carbocycles. The molecule has 0 unspecified atom stereocenters. The summed E-state index contributed by atoms with van der Waals surface area (Å²) in [6.07, 6.45) is 1.74. The molecule has 0 atom stereocenters. The molecule has 6 nitrogen and oxygen atoms in total. The van der Waals surface area contributed by atoms with Crippen LogP contribution < -0.4 is 9.47 Å². The number of aromatic nitrogens is 1. The molecule has 2 heterocycles. The van der Waals surface area contributed by atoms with Crippen LogP contribution in [0.25, 0.3) is 0 Å². The van der Waals surface area contributed by atoms with Crippen molar-refractivity contribution >= 4 is 11.8 Å². The van der Waals surface area contributed by atoms with Crippen molar-refractivity contribution in [2.45, 2.75) is 33.2 Å². The van der Waals surface area contributed by atoms with Gasteiger partial charge in [-0.1, -0.05) is 6.07 Å². The van der Waals surface area contributed by atoms with Crippen molar-refractivity contribution in [1.29, 1.82) is 0 Å². The zero-order chi connectivity index (χ0) is 18.3. The minimum atomic E-state index is -0.257. The first-order valence-corrected chi connectivity index (χ1v) is 8.78. The van der Waals surface area contributed by atoms with E-state index in [1.54, 1.807) is 0 Å². The van der Waals surface area contributed by atoms with Gasteiger partial charge in [-0.3, -0.25) is 9.59 Å². The molecule has 1 aliphatic carbocycles. The minimum absolute atomic E-state index is 0.00115. The van der Waals surface area contributed by atoms with E-state index in [1.165, 1.54) is 0 Å². The summed E-state index contributed by atoms with van der Waals surface area (Å²) in [5, 5.41) is 0. The van der Waals surface area contributed by atoms with Crippen molar-refractivity contribution < 1.29 is 23.8 Å². The second kappa shape index (κ2) is 6.52. The number of fused-ring (bicyclic) bond motifs is 1. The summed E-state index contributed by atoms with van der Waals surface area (Å²) in [6.45, 7) is 4.56. The Bertz CT molecular complexity index is 879. The molecule has 4 rings (SSSR count). The lowest BCUT2D eigenvalue weighted by atomic mass is 10.1. The molecule has 0 saturated heterocycles. The number of ketones is 1. The third-order valence-electron chi connectivity index (χ3n) is 4.91. The Hall–Kier alpha value is -2.76. The predicted octanol–water partition coefficient (Wildman–Crippen LogP) is 3.02. The van der Waals surface area contributed by atoms with Gasteiger partial charge in [-0.2, -0.15) is 0 Å². The summed E-state index contributed by atoms with van der Waals surface area (Å²) in [4.78, 5) is 24.1. The van der Waals surface area contributed by atoms with Crippen molar-refractivity contribution in [1.82, 2.24) is 4.57 Å². The summed E-state index contributed by atoms with van der Waals surface area (Å²) < 4.78 is 18.0. The minimum Gasteiger partial charge on any atom is -0.457 e. The van der Waals surface area contributed by atoms with Crippen LogP contribution in [0.1, 0.15) is 40.2 Å². The van der Waals surface area contributed by atoms with E-state index in [2.05, 4.69) is 4.57 Å². The Balaban J connectivity index is 1.48. The topological polar surface area (TPSA) is 66.8 Å². The van der Waals surface area contributed by atoms with Gasteiger partial charge >= 0.3 is 5.97 Å². The lowest BCUT2D eigenvalue weighted by Crippen LogP contribution is -2.16. The number of rotatable bonds is 6. The highest BCUT2D eigenvalue weighted by Gasteiger charge is 2.31. The fraction of sp³-hybridized carbons (Fsp3) is 0.400. The molecule has 0 radical (unpaired) electrons. The highest BCUT2D eigenvalue weighted by atomic mass is 16.7. The summed E-state index contributed by atoms with van der Waals surface area (Å²) >= 11 is 0. The Morgan fingerprint density at radius 1 is 1.15 bits per heavy atom. The third kappa shape index (κ3) is 3.19. The molecule has 0 bridgehead atoms. The average molecular weight is 355 g/mol. The zero-order valence-electron chi connectivity index (χ0n) is 14.9. The standard InChI is InChI=1S/C20H21NO5/c1-12-7-16(17(22)10-24-20(23)15-4-5-15)13(2)21(12)9-14-3-6-18-19(8-14)26-11-25-18/h3,6-8,15H,4-5,9-11H2,1-2H3. The van der Waals surface area contributed by atoms with Gasteiger partial charge in [-0.15, -0.1) is 0 Å². The van der Waals surface area contributed by atoms with Crippen LogP contribution in [0.2, 0.25) is 0 Å². The number of carbonyl (C=O) groups excluding carboxylic acids is 2. The SMILES string of the molecule is Cc1cc(C(=O)COC(=O)C2CC2)c(C)n1Cc1ccc2c(c1)OCO2. The lowest BCUT2D eigenvalue weighted by Gasteiger charge is -2.11. The van der Waals surface area contributed by atoms with Gasteiger partial charge in [0.1, 0.15) is 0 Å². The number of ether oxygens (including phenoxy) is 3. The van der Waals surface area contributed by atoms with Crippen LogP contribution in [0.4, 0.5) is 0 Å². The number of aryl methyl sites for hydroxylation is 1. The second-order valence-electron chi connectivity index (χ2n) is 6.86. The third-order valence-corrected chi connectivity index (χ3v) is 4.91. The van der Waals surface area contributed by atoms with Crippen LogP contribution in [0, 0.1) is 19.8 Å². The van der Waals surface area contributed by atoms with Gasteiger partial charge in [-0.25, -0.2) is 0 Å². The van der Waals surface area contributed by atoms with E-state index in [0.29, 0.717) is 12.1 Å². The summed E-state index contributed by atoms with van der Waals surface area (Å²) in [7, 11) is 0. The number of carbonyl (C=O) groups is 2. The Morgan fingerprint density at radius 2 is 1.92 bits per heavy atom. The fourth-order valence-corrected chi connectivity index (χ4v) is 3.20.